The van der Waals surface area contributed by atoms with Crippen molar-refractivity contribution in [3.63, 3.8) is 0 Å². The third-order valence-electron chi connectivity index (χ3n) is 2.81. The second-order valence-corrected chi connectivity index (χ2v) is 4.08. The number of nitrogens with zero attached hydrogens (tertiary/aromatic N) is 3. The molecule has 0 spiro atoms. The standard InChI is InChI=1S/C11H17N5O2/c1-2-16-8-9(7-13-16)14-10(17)11(18)15-5-3-12-4-6-15/h7-8,12H,2-6H2,1H3,(H,14,17). The van der Waals surface area contributed by atoms with Crippen molar-refractivity contribution in [2.75, 3.05) is 31.5 Å². The predicted octanol–water partition coefficient (Wildman–Crippen LogP) is -0.727. The minimum Gasteiger partial charge on any atom is -0.332 e. The molecule has 0 aliphatic carbocycles. The van der Waals surface area contributed by atoms with Crippen molar-refractivity contribution < 1.29 is 9.59 Å². The molecule has 0 radical (unpaired) electrons. The molecule has 1 fully saturated rings. The van der Waals surface area contributed by atoms with Crippen LogP contribution in [0.3, 0.4) is 0 Å². The maximum atomic E-state index is 11.8. The number of hydrogen-bond donors (Lipinski definition) is 2. The van der Waals surface area contributed by atoms with E-state index in [-0.39, 0.29) is 0 Å². The molecule has 1 aromatic rings. The van der Waals surface area contributed by atoms with Crippen molar-refractivity contribution in [3.05, 3.63) is 12.4 Å². The average Bonchev–Trinajstić information content (AvgIpc) is 2.86. The molecular weight excluding hydrogens is 234 g/mol. The topological polar surface area (TPSA) is 79.3 Å². The van der Waals surface area contributed by atoms with Gasteiger partial charge in [0, 0.05) is 38.9 Å². The highest BCUT2D eigenvalue weighted by atomic mass is 16.2. The molecule has 0 atom stereocenters. The highest BCUT2D eigenvalue weighted by Crippen LogP contribution is 2.05. The molecule has 2 heterocycles. The average molecular weight is 251 g/mol. The summed E-state index contributed by atoms with van der Waals surface area (Å²) in [6.45, 7) is 5.27. The van der Waals surface area contributed by atoms with Gasteiger partial charge in [-0.3, -0.25) is 14.3 Å². The number of rotatable bonds is 2. The maximum absolute atomic E-state index is 11.8. The van der Waals surface area contributed by atoms with E-state index in [1.54, 1.807) is 15.8 Å². The lowest BCUT2D eigenvalue weighted by Gasteiger charge is -2.26. The van der Waals surface area contributed by atoms with Crippen LogP contribution in [0.4, 0.5) is 5.69 Å². The Hall–Kier alpha value is -1.89. The van der Waals surface area contributed by atoms with Gasteiger partial charge in [-0.2, -0.15) is 5.10 Å². The first-order chi connectivity index (χ1) is 8.70. The smallest absolute Gasteiger partial charge is 0.313 e. The van der Waals surface area contributed by atoms with E-state index >= 15 is 0 Å². The van der Waals surface area contributed by atoms with Crippen LogP contribution in [0.2, 0.25) is 0 Å². The first-order valence-corrected chi connectivity index (χ1v) is 6.04. The third kappa shape index (κ3) is 2.86. The Labute approximate surface area is 105 Å². The molecule has 98 valence electrons. The molecule has 2 amide bonds. The van der Waals surface area contributed by atoms with E-state index in [9.17, 15) is 9.59 Å². The number of aryl methyl sites for hydroxylation is 1. The monoisotopic (exact) mass is 251 g/mol. The highest BCUT2D eigenvalue weighted by molar-refractivity contribution is 6.39. The molecule has 18 heavy (non-hydrogen) atoms. The Kier molecular flexibility index (Phi) is 3.93. The fourth-order valence-electron chi connectivity index (χ4n) is 1.80. The molecule has 0 bridgehead atoms. The van der Waals surface area contributed by atoms with E-state index in [1.807, 2.05) is 6.92 Å². The predicted molar refractivity (Wildman–Crippen MR) is 66.0 cm³/mol. The third-order valence-corrected chi connectivity index (χ3v) is 2.81. The number of carbonyl (C=O) groups excluding carboxylic acids is 2. The van der Waals surface area contributed by atoms with Gasteiger partial charge < -0.3 is 15.5 Å². The number of carbonyl (C=O) groups is 2. The normalized spacial score (nSPS) is 15.5. The summed E-state index contributed by atoms with van der Waals surface area (Å²) in [5.74, 6) is -1.09. The highest BCUT2D eigenvalue weighted by Gasteiger charge is 2.23. The van der Waals surface area contributed by atoms with Crippen LogP contribution >= 0.6 is 0 Å². The number of amides is 2. The van der Waals surface area contributed by atoms with Crippen molar-refractivity contribution >= 4 is 17.5 Å². The Bertz CT molecular complexity index is 436. The number of aromatic nitrogens is 2. The van der Waals surface area contributed by atoms with Crippen molar-refractivity contribution in [1.82, 2.24) is 20.0 Å². The van der Waals surface area contributed by atoms with E-state index in [0.29, 0.717) is 18.8 Å². The Balaban J connectivity index is 1.92. The van der Waals surface area contributed by atoms with Gasteiger partial charge in [0.1, 0.15) is 0 Å². The first-order valence-electron chi connectivity index (χ1n) is 6.04. The zero-order chi connectivity index (χ0) is 13.0. The molecule has 7 nitrogen and oxygen atoms in total. The van der Waals surface area contributed by atoms with Crippen LogP contribution in [0, 0.1) is 0 Å². The summed E-state index contributed by atoms with van der Waals surface area (Å²) in [5, 5.41) is 9.72. The van der Waals surface area contributed by atoms with E-state index in [0.717, 1.165) is 19.6 Å². The molecule has 1 aliphatic rings. The molecule has 2 N–H and O–H groups in total. The molecule has 1 saturated heterocycles. The number of nitrogens with one attached hydrogen (secondary N) is 2. The summed E-state index contributed by atoms with van der Waals surface area (Å²) in [4.78, 5) is 25.1. The quantitative estimate of drug-likeness (QED) is 0.679. The van der Waals surface area contributed by atoms with E-state index in [4.69, 9.17) is 0 Å². The van der Waals surface area contributed by atoms with Crippen molar-refractivity contribution in [1.29, 1.82) is 0 Å². The molecule has 2 rings (SSSR count). The van der Waals surface area contributed by atoms with Crippen molar-refractivity contribution in [3.8, 4) is 0 Å². The molecule has 0 unspecified atom stereocenters. The summed E-state index contributed by atoms with van der Waals surface area (Å²) in [7, 11) is 0. The van der Waals surface area contributed by atoms with Gasteiger partial charge in [0.15, 0.2) is 0 Å². The molecule has 7 heteroatoms. The minimum absolute atomic E-state index is 0.485. The molecule has 1 aromatic heterocycles. The molecular formula is C11H17N5O2. The second-order valence-electron chi connectivity index (χ2n) is 4.08. The Morgan fingerprint density at radius 3 is 2.78 bits per heavy atom. The van der Waals surface area contributed by atoms with Gasteiger partial charge in [-0.05, 0) is 6.92 Å². The lowest BCUT2D eigenvalue weighted by Crippen LogP contribution is -2.49. The van der Waals surface area contributed by atoms with E-state index in [2.05, 4.69) is 15.7 Å². The molecule has 0 saturated carbocycles. The van der Waals surface area contributed by atoms with Gasteiger partial charge in [-0.15, -0.1) is 0 Å². The summed E-state index contributed by atoms with van der Waals surface area (Å²) in [6.07, 6.45) is 3.23. The van der Waals surface area contributed by atoms with E-state index < -0.39 is 11.8 Å². The fraction of sp³-hybridized carbons (Fsp3) is 0.545. The maximum Gasteiger partial charge on any atom is 0.313 e. The van der Waals surface area contributed by atoms with Crippen LogP contribution in [0.5, 0.6) is 0 Å². The molecule has 0 aromatic carbocycles. The fourth-order valence-corrected chi connectivity index (χ4v) is 1.80. The Morgan fingerprint density at radius 2 is 2.17 bits per heavy atom. The lowest BCUT2D eigenvalue weighted by molar-refractivity contribution is -0.143. The Morgan fingerprint density at radius 1 is 1.44 bits per heavy atom. The minimum atomic E-state index is -0.604. The van der Waals surface area contributed by atoms with Crippen LogP contribution in [-0.4, -0.2) is 52.7 Å². The largest absolute Gasteiger partial charge is 0.332 e. The second kappa shape index (κ2) is 5.63. The van der Waals surface area contributed by atoms with Crippen LogP contribution < -0.4 is 10.6 Å². The summed E-state index contributed by atoms with van der Waals surface area (Å²) >= 11 is 0. The van der Waals surface area contributed by atoms with Gasteiger partial charge in [-0.25, -0.2) is 0 Å². The molecule has 1 aliphatic heterocycles. The van der Waals surface area contributed by atoms with Crippen LogP contribution in [0.25, 0.3) is 0 Å². The lowest BCUT2D eigenvalue weighted by atomic mass is 10.3. The SMILES string of the molecule is CCn1cc(NC(=O)C(=O)N2CCNCC2)cn1. The summed E-state index contributed by atoms with van der Waals surface area (Å²) < 4.78 is 1.69. The summed E-state index contributed by atoms with van der Waals surface area (Å²) in [6, 6.07) is 0. The van der Waals surface area contributed by atoms with Crippen LogP contribution in [0.1, 0.15) is 6.92 Å². The first kappa shape index (κ1) is 12.6. The van der Waals surface area contributed by atoms with Crippen LogP contribution in [0.15, 0.2) is 12.4 Å². The van der Waals surface area contributed by atoms with Gasteiger partial charge in [0.05, 0.1) is 11.9 Å². The van der Waals surface area contributed by atoms with Crippen molar-refractivity contribution in [2.24, 2.45) is 0 Å². The summed E-state index contributed by atoms with van der Waals surface area (Å²) in [5.41, 5.74) is 0.547. The zero-order valence-electron chi connectivity index (χ0n) is 10.3. The van der Waals surface area contributed by atoms with Crippen LogP contribution in [-0.2, 0) is 16.1 Å². The number of piperazine rings is 1. The van der Waals surface area contributed by atoms with Crippen molar-refractivity contribution in [2.45, 2.75) is 13.5 Å². The number of hydrogen-bond acceptors (Lipinski definition) is 4. The van der Waals surface area contributed by atoms with Gasteiger partial charge in [0.25, 0.3) is 0 Å². The van der Waals surface area contributed by atoms with Gasteiger partial charge in [-0.1, -0.05) is 0 Å². The number of anilines is 1. The van der Waals surface area contributed by atoms with E-state index in [1.165, 1.54) is 6.20 Å². The zero-order valence-corrected chi connectivity index (χ0v) is 10.3. The van der Waals surface area contributed by atoms with Gasteiger partial charge >= 0.3 is 11.8 Å². The van der Waals surface area contributed by atoms with Gasteiger partial charge in [0.2, 0.25) is 0 Å².